The summed E-state index contributed by atoms with van der Waals surface area (Å²) >= 11 is 5.32. The van der Waals surface area contributed by atoms with Crippen LogP contribution in [0.4, 0.5) is 5.69 Å². The fraction of sp³-hybridized carbons (Fsp3) is 0.571. The normalized spacial score (nSPS) is 24.8. The number of rotatable bonds is 3. The van der Waals surface area contributed by atoms with Gasteiger partial charge in [-0.3, -0.25) is 20.4 Å². The molecule has 1 aromatic rings. The smallest absolute Gasteiger partial charge is 0.243 e. The number of aryl methyl sites for hydroxylation is 1. The van der Waals surface area contributed by atoms with Gasteiger partial charge < -0.3 is 10.2 Å². The third-order valence-corrected chi connectivity index (χ3v) is 6.31. The fourth-order valence-electron chi connectivity index (χ4n) is 4.10. The van der Waals surface area contributed by atoms with Crippen LogP contribution in [0.25, 0.3) is 0 Å². The van der Waals surface area contributed by atoms with E-state index in [2.05, 4.69) is 23.1 Å². The zero-order chi connectivity index (χ0) is 20.3. The van der Waals surface area contributed by atoms with Crippen molar-refractivity contribution < 1.29 is 9.59 Å². The Labute approximate surface area is 172 Å². The molecule has 1 heterocycles. The largest absolute Gasteiger partial charge is 0.358 e. The van der Waals surface area contributed by atoms with Gasteiger partial charge >= 0.3 is 0 Å². The second-order valence-corrected chi connectivity index (χ2v) is 8.49. The van der Waals surface area contributed by atoms with E-state index in [1.54, 1.807) is 4.90 Å². The lowest BCUT2D eigenvalue weighted by atomic mass is 9.86. The quantitative estimate of drug-likeness (QED) is 0.536. The number of amides is 2. The van der Waals surface area contributed by atoms with Crippen LogP contribution in [0.1, 0.15) is 50.2 Å². The second-order valence-electron chi connectivity index (χ2n) is 8.08. The Kier molecular flexibility index (Phi) is 6.54. The highest BCUT2D eigenvalue weighted by Crippen LogP contribution is 2.29. The zero-order valence-corrected chi connectivity index (χ0v) is 17.7. The molecule has 7 heteroatoms. The Hall–Kier alpha value is -2.15. The number of anilines is 1. The molecule has 1 saturated carbocycles. The first-order valence-electron chi connectivity index (χ1n) is 10.1. The maximum Gasteiger partial charge on any atom is 0.243 e. The standard InChI is InChI=1S/C21H30N4O2S/c1-13-8-6-10-18(15(13)3)25-12-16(11-19(25)26)20(27)23-24-21(28)22-17-9-5-4-7-14(17)2/h6,8,10,14,16-17H,4-5,7,9,11-12H2,1-3H3,(H,23,27)(H2,22,24,28). The van der Waals surface area contributed by atoms with Crippen LogP contribution < -0.4 is 21.1 Å². The van der Waals surface area contributed by atoms with Crippen LogP contribution in [0.5, 0.6) is 0 Å². The minimum Gasteiger partial charge on any atom is -0.358 e. The van der Waals surface area contributed by atoms with Crippen molar-refractivity contribution >= 4 is 34.8 Å². The Balaban J connectivity index is 1.52. The molecule has 0 bridgehead atoms. The molecular formula is C21H30N4O2S. The van der Waals surface area contributed by atoms with Crippen LogP contribution in [0.3, 0.4) is 0 Å². The second kappa shape index (κ2) is 8.90. The molecule has 0 spiro atoms. The molecule has 1 saturated heterocycles. The van der Waals surface area contributed by atoms with Crippen molar-refractivity contribution in [2.75, 3.05) is 11.4 Å². The zero-order valence-electron chi connectivity index (χ0n) is 16.9. The van der Waals surface area contributed by atoms with Crippen molar-refractivity contribution in [3.05, 3.63) is 29.3 Å². The number of carbonyl (C=O) groups is 2. The molecule has 152 valence electrons. The molecule has 2 fully saturated rings. The van der Waals surface area contributed by atoms with Gasteiger partial charge in [-0.1, -0.05) is 31.9 Å². The summed E-state index contributed by atoms with van der Waals surface area (Å²) in [6.07, 6.45) is 4.98. The average Bonchev–Trinajstić information content (AvgIpc) is 3.05. The van der Waals surface area contributed by atoms with Gasteiger partial charge in [-0.2, -0.15) is 0 Å². The summed E-state index contributed by atoms with van der Waals surface area (Å²) in [6, 6.07) is 6.24. The average molecular weight is 403 g/mol. The molecule has 3 atom stereocenters. The number of hydrogen-bond donors (Lipinski definition) is 3. The third-order valence-electron chi connectivity index (χ3n) is 6.09. The molecule has 0 radical (unpaired) electrons. The summed E-state index contributed by atoms with van der Waals surface area (Å²) in [4.78, 5) is 26.7. The lowest BCUT2D eigenvalue weighted by molar-refractivity contribution is -0.126. The minimum atomic E-state index is -0.392. The van der Waals surface area contributed by atoms with Gasteiger partial charge in [0, 0.05) is 24.7 Å². The summed E-state index contributed by atoms with van der Waals surface area (Å²) in [7, 11) is 0. The first-order valence-corrected chi connectivity index (χ1v) is 10.5. The van der Waals surface area contributed by atoms with Crippen molar-refractivity contribution in [1.29, 1.82) is 0 Å². The Morgan fingerprint density at radius 1 is 1.18 bits per heavy atom. The summed E-state index contributed by atoms with van der Waals surface area (Å²) < 4.78 is 0. The van der Waals surface area contributed by atoms with E-state index in [4.69, 9.17) is 12.2 Å². The summed E-state index contributed by atoms with van der Waals surface area (Å²) in [6.45, 7) is 6.64. The molecule has 6 nitrogen and oxygen atoms in total. The van der Waals surface area contributed by atoms with Crippen LogP contribution in [-0.4, -0.2) is 29.5 Å². The molecule has 2 amide bonds. The number of carbonyl (C=O) groups excluding carboxylic acids is 2. The van der Waals surface area contributed by atoms with E-state index in [-0.39, 0.29) is 18.2 Å². The van der Waals surface area contributed by atoms with Crippen LogP contribution in [0.15, 0.2) is 18.2 Å². The van der Waals surface area contributed by atoms with Crippen molar-refractivity contribution in [3.63, 3.8) is 0 Å². The molecular weight excluding hydrogens is 372 g/mol. The number of thiocarbonyl (C=S) groups is 1. The van der Waals surface area contributed by atoms with Gasteiger partial charge in [-0.15, -0.1) is 0 Å². The van der Waals surface area contributed by atoms with Crippen LogP contribution >= 0.6 is 12.2 Å². The number of hydrazine groups is 1. The summed E-state index contributed by atoms with van der Waals surface area (Å²) in [5.41, 5.74) is 8.57. The SMILES string of the molecule is Cc1cccc(N2CC(C(=O)NNC(=S)NC3CCCCC3C)CC2=O)c1C. The van der Waals surface area contributed by atoms with E-state index in [0.29, 0.717) is 23.6 Å². The third kappa shape index (κ3) is 4.63. The van der Waals surface area contributed by atoms with Gasteiger partial charge in [-0.05, 0) is 62.0 Å². The van der Waals surface area contributed by atoms with Gasteiger partial charge in [0.1, 0.15) is 0 Å². The molecule has 3 rings (SSSR count). The van der Waals surface area contributed by atoms with E-state index < -0.39 is 5.92 Å². The van der Waals surface area contributed by atoms with E-state index >= 15 is 0 Å². The van der Waals surface area contributed by atoms with Crippen LogP contribution in [-0.2, 0) is 9.59 Å². The highest BCUT2D eigenvalue weighted by atomic mass is 32.1. The highest BCUT2D eigenvalue weighted by Gasteiger charge is 2.36. The van der Waals surface area contributed by atoms with Gasteiger partial charge in [0.2, 0.25) is 11.8 Å². The highest BCUT2D eigenvalue weighted by molar-refractivity contribution is 7.80. The molecule has 0 aromatic heterocycles. The topological polar surface area (TPSA) is 73.5 Å². The summed E-state index contributed by atoms with van der Waals surface area (Å²) in [5, 5.41) is 3.73. The molecule has 1 aromatic carbocycles. The van der Waals surface area contributed by atoms with E-state index in [9.17, 15) is 9.59 Å². The van der Waals surface area contributed by atoms with Crippen molar-refractivity contribution in [2.24, 2.45) is 11.8 Å². The van der Waals surface area contributed by atoms with E-state index in [0.717, 1.165) is 23.2 Å². The minimum absolute atomic E-state index is 0.0226. The first kappa shape index (κ1) is 20.6. The Morgan fingerprint density at radius 3 is 2.68 bits per heavy atom. The maximum atomic E-state index is 12.5. The van der Waals surface area contributed by atoms with Crippen LogP contribution in [0.2, 0.25) is 0 Å². The number of nitrogens with zero attached hydrogens (tertiary/aromatic N) is 1. The molecule has 1 aliphatic carbocycles. The molecule has 3 N–H and O–H groups in total. The van der Waals surface area contributed by atoms with Gasteiger partial charge in [0.15, 0.2) is 5.11 Å². The van der Waals surface area contributed by atoms with Gasteiger partial charge in [0.05, 0.1) is 5.92 Å². The number of nitrogens with one attached hydrogen (secondary N) is 3. The first-order chi connectivity index (χ1) is 13.4. The molecule has 28 heavy (non-hydrogen) atoms. The fourth-order valence-corrected chi connectivity index (χ4v) is 4.30. The lowest BCUT2D eigenvalue weighted by Gasteiger charge is -2.30. The monoisotopic (exact) mass is 402 g/mol. The molecule has 1 aliphatic heterocycles. The number of benzene rings is 1. The predicted octanol–water partition coefficient (Wildman–Crippen LogP) is 2.73. The van der Waals surface area contributed by atoms with Crippen molar-refractivity contribution in [3.8, 4) is 0 Å². The molecule has 3 unspecified atom stereocenters. The lowest BCUT2D eigenvalue weighted by Crippen LogP contribution is -2.52. The van der Waals surface area contributed by atoms with Crippen LogP contribution in [0, 0.1) is 25.7 Å². The van der Waals surface area contributed by atoms with Gasteiger partial charge in [0.25, 0.3) is 0 Å². The predicted molar refractivity (Wildman–Crippen MR) is 115 cm³/mol. The Morgan fingerprint density at radius 2 is 1.93 bits per heavy atom. The van der Waals surface area contributed by atoms with Crippen molar-refractivity contribution in [2.45, 2.75) is 58.9 Å². The maximum absolute atomic E-state index is 12.5. The van der Waals surface area contributed by atoms with Gasteiger partial charge in [-0.25, -0.2) is 0 Å². The van der Waals surface area contributed by atoms with E-state index in [1.807, 2.05) is 32.0 Å². The Bertz CT molecular complexity index is 767. The number of hydrogen-bond acceptors (Lipinski definition) is 3. The van der Waals surface area contributed by atoms with E-state index in [1.165, 1.54) is 19.3 Å². The van der Waals surface area contributed by atoms with Crippen molar-refractivity contribution in [1.82, 2.24) is 16.2 Å². The molecule has 2 aliphatic rings. The summed E-state index contributed by atoms with van der Waals surface area (Å²) in [5.74, 6) is -0.0494.